The molecule has 0 fully saturated rings. The number of rotatable bonds is 2. The summed E-state index contributed by atoms with van der Waals surface area (Å²) in [5.41, 5.74) is -0.0489. The van der Waals surface area contributed by atoms with Crippen molar-refractivity contribution in [2.75, 3.05) is 0 Å². The molecule has 0 aliphatic carbocycles. The quantitative estimate of drug-likeness (QED) is 0.627. The minimum Gasteiger partial charge on any atom is -0.302 e. The number of carbonyl (C=O) groups is 1. The molecule has 2 nitrogen and oxygen atoms in total. The second kappa shape index (κ2) is 3.01. The average molecular weight is 167 g/mol. The molecule has 0 unspecified atom stereocenters. The highest BCUT2D eigenvalue weighted by Crippen LogP contribution is 2.17. The lowest BCUT2D eigenvalue weighted by Crippen LogP contribution is -2.20. The van der Waals surface area contributed by atoms with Gasteiger partial charge in [-0.05, 0) is 26.0 Å². The van der Waals surface area contributed by atoms with Crippen LogP contribution in [0, 0.1) is 5.82 Å². The normalized spacial score (nSPS) is 11.2. The summed E-state index contributed by atoms with van der Waals surface area (Å²) in [6.45, 7) is 3.47. The second-order valence-electron chi connectivity index (χ2n) is 3.20. The van der Waals surface area contributed by atoms with Crippen molar-refractivity contribution in [2.45, 2.75) is 19.3 Å². The van der Waals surface area contributed by atoms with Crippen LogP contribution in [0.25, 0.3) is 0 Å². The molecule has 1 aromatic rings. The molecule has 0 aliphatic rings. The lowest BCUT2D eigenvalue weighted by Gasteiger charge is -2.14. The predicted octanol–water partition coefficient (Wildman–Crippen LogP) is 1.70. The minimum absolute atomic E-state index is 0.388. The van der Waals surface area contributed by atoms with Gasteiger partial charge in [-0.1, -0.05) is 0 Å². The van der Waals surface area contributed by atoms with Crippen molar-refractivity contribution in [1.82, 2.24) is 4.98 Å². The number of aldehydes is 1. The van der Waals surface area contributed by atoms with Gasteiger partial charge in [-0.3, -0.25) is 4.98 Å². The van der Waals surface area contributed by atoms with Gasteiger partial charge in [-0.2, -0.15) is 0 Å². The Morgan fingerprint density at radius 1 is 1.50 bits per heavy atom. The van der Waals surface area contributed by atoms with Crippen LogP contribution in [0.2, 0.25) is 0 Å². The van der Waals surface area contributed by atoms with Crippen molar-refractivity contribution in [3.63, 3.8) is 0 Å². The van der Waals surface area contributed by atoms with Crippen molar-refractivity contribution >= 4 is 6.29 Å². The van der Waals surface area contributed by atoms with Gasteiger partial charge in [0, 0.05) is 0 Å². The first-order valence-electron chi connectivity index (χ1n) is 3.64. The molecular formula is C9H10FNO. The van der Waals surface area contributed by atoms with Crippen LogP contribution < -0.4 is 0 Å². The minimum atomic E-state index is -0.631. The summed E-state index contributed by atoms with van der Waals surface area (Å²) in [6.07, 6.45) is 1.91. The van der Waals surface area contributed by atoms with Crippen LogP contribution in [0.3, 0.4) is 0 Å². The topological polar surface area (TPSA) is 30.0 Å². The molecular weight excluding hydrogens is 157 g/mol. The summed E-state index contributed by atoms with van der Waals surface area (Å²) < 4.78 is 12.4. The van der Waals surface area contributed by atoms with Crippen molar-refractivity contribution in [3.05, 3.63) is 29.8 Å². The zero-order chi connectivity index (χ0) is 9.19. The highest BCUT2D eigenvalue weighted by molar-refractivity contribution is 5.65. The van der Waals surface area contributed by atoms with Gasteiger partial charge >= 0.3 is 0 Å². The first-order chi connectivity index (χ1) is 5.56. The fourth-order valence-corrected chi connectivity index (χ4v) is 0.817. The van der Waals surface area contributed by atoms with Gasteiger partial charge in [-0.15, -0.1) is 0 Å². The molecule has 0 amide bonds. The van der Waals surface area contributed by atoms with Crippen LogP contribution in [0.15, 0.2) is 18.3 Å². The van der Waals surface area contributed by atoms with E-state index in [-0.39, 0.29) is 5.82 Å². The summed E-state index contributed by atoms with van der Waals surface area (Å²) in [4.78, 5) is 14.4. The Balaban J connectivity index is 3.04. The predicted molar refractivity (Wildman–Crippen MR) is 43.3 cm³/mol. The molecule has 0 radical (unpaired) electrons. The third-order valence-corrected chi connectivity index (χ3v) is 1.68. The fraction of sp³-hybridized carbons (Fsp3) is 0.333. The second-order valence-corrected chi connectivity index (χ2v) is 3.20. The Hall–Kier alpha value is -1.25. The Morgan fingerprint density at radius 2 is 2.17 bits per heavy atom. The number of hydrogen-bond acceptors (Lipinski definition) is 2. The summed E-state index contributed by atoms with van der Waals surface area (Å²) in [5.74, 6) is -0.388. The average Bonchev–Trinajstić information content (AvgIpc) is 2.05. The van der Waals surface area contributed by atoms with Crippen molar-refractivity contribution in [3.8, 4) is 0 Å². The van der Waals surface area contributed by atoms with E-state index in [2.05, 4.69) is 4.98 Å². The van der Waals surface area contributed by atoms with Gasteiger partial charge in [0.15, 0.2) is 0 Å². The highest BCUT2D eigenvalue weighted by Gasteiger charge is 2.20. The molecule has 0 saturated heterocycles. The Labute approximate surface area is 70.4 Å². The van der Waals surface area contributed by atoms with E-state index in [9.17, 15) is 9.18 Å². The fourth-order valence-electron chi connectivity index (χ4n) is 0.817. The van der Waals surface area contributed by atoms with E-state index in [1.165, 1.54) is 12.1 Å². The maximum Gasteiger partial charge on any atom is 0.141 e. The molecule has 3 heteroatoms. The summed E-state index contributed by atoms with van der Waals surface area (Å²) in [5, 5.41) is 0. The van der Waals surface area contributed by atoms with Crippen molar-refractivity contribution in [1.29, 1.82) is 0 Å². The van der Waals surface area contributed by atoms with Crippen LogP contribution in [-0.4, -0.2) is 11.3 Å². The molecule has 0 bridgehead atoms. The van der Waals surface area contributed by atoms with Gasteiger partial charge in [0.05, 0.1) is 17.3 Å². The number of carbonyl (C=O) groups excluding carboxylic acids is 1. The Morgan fingerprint density at radius 3 is 2.58 bits per heavy atom. The first kappa shape index (κ1) is 8.84. The third-order valence-electron chi connectivity index (χ3n) is 1.68. The van der Waals surface area contributed by atoms with Gasteiger partial charge in [-0.25, -0.2) is 4.39 Å². The SMILES string of the molecule is CC(C)(C=O)c1ccc(F)cn1. The Bertz CT molecular complexity index is 279. The molecule has 64 valence electrons. The molecule has 12 heavy (non-hydrogen) atoms. The lowest BCUT2D eigenvalue weighted by atomic mass is 9.91. The molecule has 1 rings (SSSR count). The maximum absolute atomic E-state index is 12.4. The largest absolute Gasteiger partial charge is 0.302 e. The molecule has 1 heterocycles. The van der Waals surface area contributed by atoms with Crippen LogP contribution in [0.5, 0.6) is 0 Å². The van der Waals surface area contributed by atoms with Gasteiger partial charge < -0.3 is 4.79 Å². The summed E-state index contributed by atoms with van der Waals surface area (Å²) in [7, 11) is 0. The van der Waals surface area contributed by atoms with E-state index in [0.29, 0.717) is 5.69 Å². The maximum atomic E-state index is 12.4. The number of nitrogens with zero attached hydrogens (tertiary/aromatic N) is 1. The number of hydrogen-bond donors (Lipinski definition) is 0. The van der Waals surface area contributed by atoms with Crippen LogP contribution in [0.4, 0.5) is 4.39 Å². The van der Waals surface area contributed by atoms with E-state index in [1.54, 1.807) is 13.8 Å². The van der Waals surface area contributed by atoms with Crippen LogP contribution in [-0.2, 0) is 10.2 Å². The van der Waals surface area contributed by atoms with Crippen LogP contribution in [0.1, 0.15) is 19.5 Å². The third kappa shape index (κ3) is 1.67. The van der Waals surface area contributed by atoms with Crippen molar-refractivity contribution in [2.24, 2.45) is 0 Å². The lowest BCUT2D eigenvalue weighted by molar-refractivity contribution is -0.111. The monoisotopic (exact) mass is 167 g/mol. The molecule has 0 saturated carbocycles. The van der Waals surface area contributed by atoms with Gasteiger partial charge in [0.1, 0.15) is 12.1 Å². The molecule has 0 aliphatic heterocycles. The number of pyridine rings is 1. The first-order valence-corrected chi connectivity index (χ1v) is 3.64. The summed E-state index contributed by atoms with van der Waals surface area (Å²) in [6, 6.07) is 2.82. The molecule has 0 atom stereocenters. The smallest absolute Gasteiger partial charge is 0.141 e. The Kier molecular flexibility index (Phi) is 2.22. The molecule has 0 aromatic carbocycles. The van der Waals surface area contributed by atoms with Crippen LogP contribution >= 0.6 is 0 Å². The van der Waals surface area contributed by atoms with E-state index in [0.717, 1.165) is 12.5 Å². The zero-order valence-electron chi connectivity index (χ0n) is 7.04. The summed E-state index contributed by atoms with van der Waals surface area (Å²) >= 11 is 0. The molecule has 0 spiro atoms. The van der Waals surface area contributed by atoms with E-state index >= 15 is 0 Å². The molecule has 0 N–H and O–H groups in total. The standard InChI is InChI=1S/C9H10FNO/c1-9(2,6-12)8-4-3-7(10)5-11-8/h3-6H,1-2H3. The van der Waals surface area contributed by atoms with Gasteiger partial charge in [0.2, 0.25) is 0 Å². The molecule has 1 aromatic heterocycles. The van der Waals surface area contributed by atoms with E-state index in [1.807, 2.05) is 0 Å². The van der Waals surface area contributed by atoms with E-state index < -0.39 is 5.41 Å². The number of halogens is 1. The highest BCUT2D eigenvalue weighted by atomic mass is 19.1. The van der Waals surface area contributed by atoms with Crippen molar-refractivity contribution < 1.29 is 9.18 Å². The van der Waals surface area contributed by atoms with E-state index in [4.69, 9.17) is 0 Å². The zero-order valence-corrected chi connectivity index (χ0v) is 7.04. The number of aromatic nitrogens is 1. The van der Waals surface area contributed by atoms with Gasteiger partial charge in [0.25, 0.3) is 0 Å².